The fraction of sp³-hybridized carbons (Fsp3) is 0.500. The van der Waals surface area contributed by atoms with Crippen molar-refractivity contribution in [2.24, 2.45) is 0 Å². The van der Waals surface area contributed by atoms with Crippen molar-refractivity contribution < 1.29 is 19.9 Å². The van der Waals surface area contributed by atoms with Crippen molar-refractivity contribution in [2.75, 3.05) is 38.1 Å². The molecule has 1 fully saturated rings. The Bertz CT molecular complexity index is 568. The van der Waals surface area contributed by atoms with Crippen LogP contribution >= 0.6 is 0 Å². The highest BCUT2D eigenvalue weighted by Crippen LogP contribution is 2.17. The summed E-state index contributed by atoms with van der Waals surface area (Å²) >= 11 is 0. The SMILES string of the molecule is C[C@@H](O)[C@H](NC(=O)c1ccc(N2CCN(C)CC2)cc1)C(=O)NO. The van der Waals surface area contributed by atoms with Gasteiger partial charge < -0.3 is 20.2 Å². The van der Waals surface area contributed by atoms with Gasteiger partial charge in [-0.15, -0.1) is 0 Å². The fourth-order valence-electron chi connectivity index (χ4n) is 2.59. The van der Waals surface area contributed by atoms with E-state index in [-0.39, 0.29) is 0 Å². The van der Waals surface area contributed by atoms with Gasteiger partial charge in [0.05, 0.1) is 6.10 Å². The third-order valence-electron chi connectivity index (χ3n) is 4.16. The number of hydrogen-bond acceptors (Lipinski definition) is 6. The molecule has 0 radical (unpaired) electrons. The lowest BCUT2D eigenvalue weighted by molar-refractivity contribution is -0.133. The van der Waals surface area contributed by atoms with E-state index in [1.54, 1.807) is 12.1 Å². The van der Waals surface area contributed by atoms with E-state index in [4.69, 9.17) is 5.21 Å². The highest BCUT2D eigenvalue weighted by molar-refractivity contribution is 5.97. The predicted molar refractivity (Wildman–Crippen MR) is 89.0 cm³/mol. The normalized spacial score (nSPS) is 17.9. The van der Waals surface area contributed by atoms with Crippen molar-refractivity contribution in [3.8, 4) is 0 Å². The molecule has 4 N–H and O–H groups in total. The Kier molecular flexibility index (Phi) is 6.13. The summed E-state index contributed by atoms with van der Waals surface area (Å²) in [5.41, 5.74) is 2.86. The summed E-state index contributed by atoms with van der Waals surface area (Å²) < 4.78 is 0. The Morgan fingerprint density at radius 2 is 1.71 bits per heavy atom. The molecule has 8 heteroatoms. The molecule has 2 amide bonds. The standard InChI is InChI=1S/C16H24N4O4/c1-11(21)14(16(23)18-24)17-15(22)12-3-5-13(6-4-12)20-9-7-19(2)8-10-20/h3-6,11,14,21,24H,7-10H2,1-2H3,(H,17,22)(H,18,23)/t11-,14+/m1/s1. The first-order chi connectivity index (χ1) is 11.4. The lowest BCUT2D eigenvalue weighted by atomic mass is 10.1. The molecule has 0 unspecified atom stereocenters. The van der Waals surface area contributed by atoms with Gasteiger partial charge in [0.15, 0.2) is 0 Å². The minimum Gasteiger partial charge on any atom is -0.391 e. The smallest absolute Gasteiger partial charge is 0.268 e. The van der Waals surface area contributed by atoms with Gasteiger partial charge in [0, 0.05) is 37.4 Å². The van der Waals surface area contributed by atoms with Crippen molar-refractivity contribution in [1.82, 2.24) is 15.7 Å². The number of aliphatic hydroxyl groups is 1. The molecule has 1 saturated heterocycles. The lowest BCUT2D eigenvalue weighted by Gasteiger charge is -2.34. The molecule has 2 rings (SSSR count). The summed E-state index contributed by atoms with van der Waals surface area (Å²) in [5.74, 6) is -1.36. The summed E-state index contributed by atoms with van der Waals surface area (Å²) in [6.45, 7) is 5.21. The molecule has 0 saturated carbocycles. The van der Waals surface area contributed by atoms with Gasteiger partial charge in [0.1, 0.15) is 6.04 Å². The van der Waals surface area contributed by atoms with Gasteiger partial charge in [-0.3, -0.25) is 14.8 Å². The van der Waals surface area contributed by atoms with Crippen molar-refractivity contribution in [1.29, 1.82) is 0 Å². The minimum atomic E-state index is -1.22. The van der Waals surface area contributed by atoms with Gasteiger partial charge >= 0.3 is 0 Å². The number of anilines is 1. The molecule has 0 aliphatic carbocycles. The van der Waals surface area contributed by atoms with Gasteiger partial charge in [-0.2, -0.15) is 0 Å². The van der Waals surface area contributed by atoms with E-state index in [0.29, 0.717) is 5.56 Å². The van der Waals surface area contributed by atoms with Gasteiger partial charge in [-0.05, 0) is 38.2 Å². The van der Waals surface area contributed by atoms with Crippen LogP contribution in [0.25, 0.3) is 0 Å². The van der Waals surface area contributed by atoms with Crippen LogP contribution in [-0.4, -0.2) is 72.4 Å². The molecule has 1 heterocycles. The molecular weight excluding hydrogens is 312 g/mol. The molecule has 1 aliphatic heterocycles. The predicted octanol–water partition coefficient (Wildman–Crippen LogP) is -0.577. The van der Waals surface area contributed by atoms with Crippen LogP contribution in [0.3, 0.4) is 0 Å². The maximum absolute atomic E-state index is 12.2. The third kappa shape index (κ3) is 4.44. The van der Waals surface area contributed by atoms with Crippen LogP contribution in [0.2, 0.25) is 0 Å². The maximum Gasteiger partial charge on any atom is 0.268 e. The number of likely N-dealkylation sites (N-methyl/N-ethyl adjacent to an activating group) is 1. The van der Waals surface area contributed by atoms with Gasteiger partial charge in [-0.25, -0.2) is 5.48 Å². The van der Waals surface area contributed by atoms with E-state index in [1.807, 2.05) is 12.1 Å². The summed E-state index contributed by atoms with van der Waals surface area (Å²) in [4.78, 5) is 28.2. The van der Waals surface area contributed by atoms with Crippen LogP contribution in [0.15, 0.2) is 24.3 Å². The van der Waals surface area contributed by atoms with Crippen molar-refractivity contribution in [3.63, 3.8) is 0 Å². The van der Waals surface area contributed by atoms with E-state index in [2.05, 4.69) is 22.2 Å². The number of aliphatic hydroxyl groups excluding tert-OH is 1. The van der Waals surface area contributed by atoms with Crippen LogP contribution in [0.5, 0.6) is 0 Å². The monoisotopic (exact) mass is 336 g/mol. The van der Waals surface area contributed by atoms with Gasteiger partial charge in [-0.1, -0.05) is 0 Å². The molecule has 24 heavy (non-hydrogen) atoms. The molecule has 0 spiro atoms. The molecule has 8 nitrogen and oxygen atoms in total. The number of benzene rings is 1. The largest absolute Gasteiger partial charge is 0.391 e. The number of amides is 2. The van der Waals surface area contributed by atoms with Crippen LogP contribution in [0, 0.1) is 0 Å². The number of rotatable bonds is 5. The van der Waals surface area contributed by atoms with Crippen molar-refractivity contribution >= 4 is 17.5 Å². The second-order valence-electron chi connectivity index (χ2n) is 6.00. The number of nitrogens with zero attached hydrogens (tertiary/aromatic N) is 2. The van der Waals surface area contributed by atoms with Gasteiger partial charge in [0.25, 0.3) is 11.8 Å². The molecule has 132 valence electrons. The Morgan fingerprint density at radius 3 is 2.21 bits per heavy atom. The average Bonchev–Trinajstić information content (AvgIpc) is 2.59. The minimum absolute atomic E-state index is 0.379. The number of piperazine rings is 1. The topological polar surface area (TPSA) is 105 Å². The second kappa shape index (κ2) is 8.09. The number of carbonyl (C=O) groups is 2. The van der Waals surface area contributed by atoms with E-state index in [1.165, 1.54) is 12.4 Å². The molecule has 1 aromatic rings. The van der Waals surface area contributed by atoms with Crippen LogP contribution in [0.1, 0.15) is 17.3 Å². The lowest BCUT2D eigenvalue weighted by Crippen LogP contribution is -2.51. The first-order valence-electron chi connectivity index (χ1n) is 7.89. The van der Waals surface area contributed by atoms with Crippen molar-refractivity contribution in [2.45, 2.75) is 19.1 Å². The summed E-state index contributed by atoms with van der Waals surface area (Å²) in [7, 11) is 2.09. The first kappa shape index (κ1) is 18.2. The number of hydroxylamine groups is 1. The highest BCUT2D eigenvalue weighted by atomic mass is 16.5. The average molecular weight is 336 g/mol. The van der Waals surface area contributed by atoms with Crippen molar-refractivity contribution in [3.05, 3.63) is 29.8 Å². The summed E-state index contributed by atoms with van der Waals surface area (Å²) in [6.07, 6.45) is -1.13. The van der Waals surface area contributed by atoms with Crippen LogP contribution in [-0.2, 0) is 4.79 Å². The quantitative estimate of drug-likeness (QED) is 0.424. The van der Waals surface area contributed by atoms with E-state index in [9.17, 15) is 14.7 Å². The first-order valence-corrected chi connectivity index (χ1v) is 7.89. The molecule has 0 bridgehead atoms. The Hall–Kier alpha value is -2.16. The summed E-state index contributed by atoms with van der Waals surface area (Å²) in [5, 5.41) is 20.6. The molecule has 2 atom stereocenters. The Labute approximate surface area is 141 Å². The molecule has 1 aliphatic rings. The Morgan fingerprint density at radius 1 is 1.12 bits per heavy atom. The van der Waals surface area contributed by atoms with E-state index in [0.717, 1.165) is 31.9 Å². The maximum atomic E-state index is 12.2. The molecule has 1 aromatic carbocycles. The van der Waals surface area contributed by atoms with Crippen LogP contribution in [0.4, 0.5) is 5.69 Å². The van der Waals surface area contributed by atoms with E-state index < -0.39 is 24.0 Å². The zero-order valence-corrected chi connectivity index (χ0v) is 13.9. The van der Waals surface area contributed by atoms with Gasteiger partial charge in [0.2, 0.25) is 0 Å². The number of carbonyl (C=O) groups excluding carboxylic acids is 2. The zero-order chi connectivity index (χ0) is 17.7. The van der Waals surface area contributed by atoms with Crippen LogP contribution < -0.4 is 15.7 Å². The fourth-order valence-corrected chi connectivity index (χ4v) is 2.59. The number of nitrogens with one attached hydrogen (secondary N) is 2. The third-order valence-corrected chi connectivity index (χ3v) is 4.16. The zero-order valence-electron chi connectivity index (χ0n) is 13.9. The highest BCUT2D eigenvalue weighted by Gasteiger charge is 2.25. The Balaban J connectivity index is 2.01. The van der Waals surface area contributed by atoms with E-state index >= 15 is 0 Å². The summed E-state index contributed by atoms with van der Waals surface area (Å²) in [6, 6.07) is 5.87. The second-order valence-corrected chi connectivity index (χ2v) is 6.00. The molecule has 0 aromatic heterocycles. The number of hydrogen-bond donors (Lipinski definition) is 4. The molecular formula is C16H24N4O4.